The van der Waals surface area contributed by atoms with E-state index in [4.69, 9.17) is 9.47 Å². The molecule has 0 unspecified atom stereocenters. The molecule has 0 saturated heterocycles. The number of aliphatic hydroxyl groups excluding tert-OH is 1. The number of sulfonamides is 2. The van der Waals surface area contributed by atoms with Crippen molar-refractivity contribution in [3.63, 3.8) is 0 Å². The maximum absolute atomic E-state index is 13.7. The molecule has 0 spiro atoms. The number of rotatable bonds is 10. The van der Waals surface area contributed by atoms with Crippen LogP contribution in [0.5, 0.6) is 11.5 Å². The van der Waals surface area contributed by atoms with Crippen LogP contribution in [0.15, 0.2) is 69.1 Å². The van der Waals surface area contributed by atoms with Gasteiger partial charge in [-0.1, -0.05) is 13.0 Å². The topological polar surface area (TPSA) is 143 Å². The normalized spacial score (nSPS) is 18.7. The second-order valence-electron chi connectivity index (χ2n) is 9.83. The molecule has 14 heteroatoms. The predicted molar refractivity (Wildman–Crippen MR) is 156 cm³/mol. The van der Waals surface area contributed by atoms with Crippen LogP contribution in [0.2, 0.25) is 0 Å². The summed E-state index contributed by atoms with van der Waals surface area (Å²) in [6.45, 7) is 3.39. The van der Waals surface area contributed by atoms with Crippen molar-refractivity contribution in [2.75, 3.05) is 38.6 Å². The molecule has 11 nitrogen and oxygen atoms in total. The summed E-state index contributed by atoms with van der Waals surface area (Å²) >= 11 is 1.06. The number of nitrogens with one attached hydrogen (secondary N) is 1. The van der Waals surface area contributed by atoms with Gasteiger partial charge in [0.25, 0.3) is 15.9 Å². The van der Waals surface area contributed by atoms with Crippen molar-refractivity contribution in [2.45, 2.75) is 35.1 Å². The largest absolute Gasteiger partial charge is 0.497 e. The highest BCUT2D eigenvalue weighted by Gasteiger charge is 2.35. The standard InChI is InChI=1S/C27H33N3O8S3/c1-18-15-30(19(2)17-31)27(32)23-14-20(28-40(33,34)26-6-5-13-39-26)7-12-24(23)38-25(18)16-29(3)41(35,36)22-10-8-21(37-4)9-11-22/h5-14,18-19,25,28,31H,15-17H2,1-4H3/t18-,19-,25+/m1/s1. The summed E-state index contributed by atoms with van der Waals surface area (Å²) in [6, 6.07) is 13.0. The van der Waals surface area contributed by atoms with Gasteiger partial charge in [-0.05, 0) is 60.8 Å². The van der Waals surface area contributed by atoms with Gasteiger partial charge in [-0.15, -0.1) is 11.3 Å². The summed E-state index contributed by atoms with van der Waals surface area (Å²) in [7, 11) is -4.79. The van der Waals surface area contributed by atoms with Crippen LogP contribution in [0.4, 0.5) is 5.69 Å². The molecule has 3 aromatic rings. The van der Waals surface area contributed by atoms with Crippen molar-refractivity contribution in [3.8, 4) is 11.5 Å². The van der Waals surface area contributed by atoms with Crippen LogP contribution >= 0.6 is 11.3 Å². The molecule has 4 rings (SSSR count). The molecule has 0 radical (unpaired) electrons. The lowest BCUT2D eigenvalue weighted by Gasteiger charge is -2.38. The molecular weight excluding hydrogens is 591 g/mol. The minimum atomic E-state index is -3.88. The third-order valence-electron chi connectivity index (χ3n) is 6.88. The molecule has 0 aliphatic carbocycles. The third-order valence-corrected chi connectivity index (χ3v) is 11.5. The lowest BCUT2D eigenvalue weighted by molar-refractivity contribution is 0.0387. The third kappa shape index (κ3) is 6.67. The molecule has 0 saturated carbocycles. The first kappa shape index (κ1) is 30.8. The van der Waals surface area contributed by atoms with Gasteiger partial charge in [0, 0.05) is 25.2 Å². The maximum Gasteiger partial charge on any atom is 0.271 e. The number of anilines is 1. The molecule has 1 aliphatic rings. The molecule has 0 fully saturated rings. The van der Waals surface area contributed by atoms with E-state index in [0.29, 0.717) is 5.75 Å². The number of amides is 1. The second-order valence-corrected chi connectivity index (χ2v) is 14.7. The zero-order chi connectivity index (χ0) is 29.9. The van der Waals surface area contributed by atoms with Crippen molar-refractivity contribution in [1.29, 1.82) is 0 Å². The number of nitrogens with zero attached hydrogens (tertiary/aromatic N) is 2. The smallest absolute Gasteiger partial charge is 0.271 e. The van der Waals surface area contributed by atoms with Crippen LogP contribution in [-0.2, 0) is 20.0 Å². The minimum Gasteiger partial charge on any atom is -0.497 e. The summed E-state index contributed by atoms with van der Waals surface area (Å²) in [4.78, 5) is 15.2. The van der Waals surface area contributed by atoms with E-state index in [9.17, 15) is 26.7 Å². The van der Waals surface area contributed by atoms with E-state index >= 15 is 0 Å². The summed E-state index contributed by atoms with van der Waals surface area (Å²) in [5.41, 5.74) is 0.254. The summed E-state index contributed by atoms with van der Waals surface area (Å²) in [5.74, 6) is -0.0640. The Hall–Kier alpha value is -3.17. The number of hydrogen-bond donors (Lipinski definition) is 2. The predicted octanol–water partition coefficient (Wildman–Crippen LogP) is 3.10. The van der Waals surface area contributed by atoms with Gasteiger partial charge in [0.2, 0.25) is 10.0 Å². The van der Waals surface area contributed by atoms with Gasteiger partial charge in [0.05, 0.1) is 36.8 Å². The summed E-state index contributed by atoms with van der Waals surface area (Å²) in [5, 5.41) is 11.5. The maximum atomic E-state index is 13.7. The molecule has 41 heavy (non-hydrogen) atoms. The van der Waals surface area contributed by atoms with Gasteiger partial charge >= 0.3 is 0 Å². The fraction of sp³-hybridized carbons (Fsp3) is 0.370. The Morgan fingerprint density at radius 2 is 1.88 bits per heavy atom. The van der Waals surface area contributed by atoms with Crippen LogP contribution in [0.3, 0.4) is 0 Å². The number of methoxy groups -OCH3 is 1. The first-order chi connectivity index (χ1) is 19.4. The summed E-state index contributed by atoms with van der Waals surface area (Å²) in [6.07, 6.45) is -0.679. The highest BCUT2D eigenvalue weighted by atomic mass is 32.2. The van der Waals surface area contributed by atoms with E-state index in [-0.39, 0.29) is 51.7 Å². The van der Waals surface area contributed by atoms with Crippen LogP contribution in [0, 0.1) is 5.92 Å². The number of carbonyl (C=O) groups excluding carboxylic acids is 1. The quantitative estimate of drug-likeness (QED) is 0.351. The lowest BCUT2D eigenvalue weighted by Crippen LogP contribution is -2.50. The van der Waals surface area contributed by atoms with Gasteiger partial charge in [-0.2, -0.15) is 4.31 Å². The monoisotopic (exact) mass is 623 g/mol. The van der Waals surface area contributed by atoms with Crippen molar-refractivity contribution < 1.29 is 36.2 Å². The molecule has 1 amide bonds. The van der Waals surface area contributed by atoms with Crippen LogP contribution in [-0.4, -0.2) is 83.1 Å². The number of likely N-dealkylation sites (N-methyl/N-ethyl adjacent to an activating group) is 1. The Balaban J connectivity index is 1.66. The Kier molecular flexibility index (Phi) is 9.29. The zero-order valence-electron chi connectivity index (χ0n) is 23.1. The van der Waals surface area contributed by atoms with E-state index in [1.165, 1.54) is 59.8 Å². The van der Waals surface area contributed by atoms with Crippen molar-refractivity contribution >= 4 is 43.0 Å². The Morgan fingerprint density at radius 1 is 1.17 bits per heavy atom. The van der Waals surface area contributed by atoms with E-state index in [1.54, 1.807) is 30.5 Å². The fourth-order valence-corrected chi connectivity index (χ4v) is 7.63. The molecule has 3 atom stereocenters. The van der Waals surface area contributed by atoms with Gasteiger partial charge in [0.15, 0.2) is 0 Å². The highest BCUT2D eigenvalue weighted by Crippen LogP contribution is 2.32. The lowest BCUT2D eigenvalue weighted by atomic mass is 9.99. The number of thiophene rings is 1. The van der Waals surface area contributed by atoms with Gasteiger partial charge < -0.3 is 19.5 Å². The number of carbonyl (C=O) groups is 1. The van der Waals surface area contributed by atoms with Crippen LogP contribution < -0.4 is 14.2 Å². The van der Waals surface area contributed by atoms with E-state index in [0.717, 1.165) is 11.3 Å². The van der Waals surface area contributed by atoms with Crippen LogP contribution in [0.25, 0.3) is 0 Å². The Labute approximate surface area is 244 Å². The van der Waals surface area contributed by atoms with Gasteiger partial charge in [-0.3, -0.25) is 9.52 Å². The first-order valence-electron chi connectivity index (χ1n) is 12.8. The van der Waals surface area contributed by atoms with Gasteiger partial charge in [0.1, 0.15) is 21.8 Å². The number of hydrogen-bond acceptors (Lipinski definition) is 9. The minimum absolute atomic E-state index is 0.0305. The fourth-order valence-electron chi connectivity index (χ4n) is 4.40. The summed E-state index contributed by atoms with van der Waals surface area (Å²) < 4.78 is 67.4. The molecule has 2 aromatic carbocycles. The van der Waals surface area contributed by atoms with Crippen molar-refractivity contribution in [3.05, 3.63) is 65.5 Å². The van der Waals surface area contributed by atoms with Crippen molar-refractivity contribution in [2.24, 2.45) is 5.92 Å². The number of ether oxygens (including phenoxy) is 2. The highest BCUT2D eigenvalue weighted by molar-refractivity contribution is 7.94. The van der Waals surface area contributed by atoms with E-state index in [1.807, 2.05) is 6.92 Å². The second kappa shape index (κ2) is 12.4. The van der Waals surface area contributed by atoms with E-state index < -0.39 is 38.1 Å². The number of benzene rings is 2. The van der Waals surface area contributed by atoms with E-state index in [2.05, 4.69) is 4.72 Å². The number of aliphatic hydroxyl groups is 1. The SMILES string of the molecule is COc1ccc(S(=O)(=O)N(C)C[C@@H]2Oc3ccc(NS(=O)(=O)c4cccs4)cc3C(=O)N([C@H](C)CO)C[C@H]2C)cc1. The Bertz CT molecular complexity index is 1580. The van der Waals surface area contributed by atoms with Crippen molar-refractivity contribution in [1.82, 2.24) is 9.21 Å². The number of fused-ring (bicyclic) bond motifs is 1. The molecule has 2 heterocycles. The average Bonchev–Trinajstić information content (AvgIpc) is 3.51. The molecule has 222 valence electrons. The average molecular weight is 624 g/mol. The first-order valence-corrected chi connectivity index (χ1v) is 16.6. The van der Waals surface area contributed by atoms with Gasteiger partial charge in [-0.25, -0.2) is 16.8 Å². The molecular formula is C27H33N3O8S3. The molecule has 0 bridgehead atoms. The molecule has 1 aliphatic heterocycles. The molecule has 2 N–H and O–H groups in total. The zero-order valence-corrected chi connectivity index (χ0v) is 25.5. The molecule has 1 aromatic heterocycles. The Morgan fingerprint density at radius 3 is 2.49 bits per heavy atom. The van der Waals surface area contributed by atoms with Crippen LogP contribution in [0.1, 0.15) is 24.2 Å².